The summed E-state index contributed by atoms with van der Waals surface area (Å²) in [4.78, 5) is 12.5. The molecule has 0 spiro atoms. The fraction of sp³-hybridized carbons (Fsp3) is 0.250. The number of thiophene rings is 1. The number of rotatable bonds is 4. The number of anilines is 1. The number of imidazole rings is 1. The van der Waals surface area contributed by atoms with Crippen molar-refractivity contribution in [3.63, 3.8) is 0 Å². The highest BCUT2D eigenvalue weighted by molar-refractivity contribution is 7.07. The number of hydrogen-bond donors (Lipinski definition) is 1. The zero-order chi connectivity index (χ0) is 13.2. The van der Waals surface area contributed by atoms with Crippen LogP contribution in [0.2, 0.25) is 0 Å². The van der Waals surface area contributed by atoms with Crippen molar-refractivity contribution < 1.29 is 4.74 Å². The number of aryl methyl sites for hydroxylation is 2. The van der Waals surface area contributed by atoms with Crippen LogP contribution in [0.4, 0.5) is 5.95 Å². The smallest absolute Gasteiger partial charge is 0.245 e. The second-order valence-corrected chi connectivity index (χ2v) is 4.84. The number of aromatic nitrogens is 4. The highest BCUT2D eigenvalue weighted by atomic mass is 32.1. The van der Waals surface area contributed by atoms with Crippen molar-refractivity contribution in [1.29, 1.82) is 0 Å². The van der Waals surface area contributed by atoms with Crippen molar-refractivity contribution in [2.24, 2.45) is 0 Å². The van der Waals surface area contributed by atoms with Crippen LogP contribution in [0.25, 0.3) is 11.2 Å². The van der Waals surface area contributed by atoms with Gasteiger partial charge in [-0.2, -0.15) is 16.3 Å². The first-order valence-corrected chi connectivity index (χ1v) is 6.75. The molecule has 7 heteroatoms. The van der Waals surface area contributed by atoms with Crippen LogP contribution in [0.3, 0.4) is 0 Å². The molecule has 2 N–H and O–H groups in total. The Morgan fingerprint density at radius 1 is 1.42 bits per heavy atom. The summed E-state index contributed by atoms with van der Waals surface area (Å²) in [6.07, 6.45) is 2.36. The molecule has 0 aliphatic rings. The molecule has 0 atom stereocenters. The zero-order valence-corrected chi connectivity index (χ0v) is 11.2. The molecule has 0 aromatic carbocycles. The first-order chi connectivity index (χ1) is 9.29. The van der Waals surface area contributed by atoms with Gasteiger partial charge in [-0.3, -0.25) is 4.57 Å². The van der Waals surface area contributed by atoms with Crippen LogP contribution >= 0.6 is 11.3 Å². The number of fused-ring (bicyclic) bond motifs is 1. The third-order valence-electron chi connectivity index (χ3n) is 2.93. The van der Waals surface area contributed by atoms with Gasteiger partial charge in [0.05, 0.1) is 7.11 Å². The van der Waals surface area contributed by atoms with Gasteiger partial charge >= 0.3 is 0 Å². The third kappa shape index (κ3) is 2.12. The number of nitrogens with zero attached hydrogens (tertiary/aromatic N) is 4. The quantitative estimate of drug-likeness (QED) is 0.784. The van der Waals surface area contributed by atoms with E-state index in [1.54, 1.807) is 18.4 Å². The van der Waals surface area contributed by atoms with Crippen molar-refractivity contribution in [2.45, 2.75) is 13.0 Å². The average Bonchev–Trinajstić information content (AvgIpc) is 3.03. The van der Waals surface area contributed by atoms with Gasteiger partial charge in [-0.25, -0.2) is 9.97 Å². The molecule has 98 valence electrons. The Balaban J connectivity index is 1.96. The fourth-order valence-electron chi connectivity index (χ4n) is 1.98. The summed E-state index contributed by atoms with van der Waals surface area (Å²) < 4.78 is 7.05. The minimum atomic E-state index is 0.434. The molecule has 0 radical (unpaired) electrons. The van der Waals surface area contributed by atoms with Gasteiger partial charge < -0.3 is 10.5 Å². The van der Waals surface area contributed by atoms with Crippen molar-refractivity contribution in [3.8, 4) is 5.88 Å². The minimum absolute atomic E-state index is 0.434. The van der Waals surface area contributed by atoms with Gasteiger partial charge in [-0.1, -0.05) is 0 Å². The summed E-state index contributed by atoms with van der Waals surface area (Å²) in [5.41, 5.74) is 8.54. The van der Waals surface area contributed by atoms with E-state index in [9.17, 15) is 0 Å². The van der Waals surface area contributed by atoms with Gasteiger partial charge in [0, 0.05) is 6.54 Å². The van der Waals surface area contributed by atoms with Gasteiger partial charge in [0.2, 0.25) is 11.8 Å². The Morgan fingerprint density at radius 3 is 3.05 bits per heavy atom. The van der Waals surface area contributed by atoms with E-state index in [0.29, 0.717) is 23.0 Å². The highest BCUT2D eigenvalue weighted by Gasteiger charge is 2.14. The molecule has 3 aromatic rings. The van der Waals surface area contributed by atoms with E-state index in [2.05, 4.69) is 31.8 Å². The lowest BCUT2D eigenvalue weighted by Gasteiger charge is -2.04. The highest BCUT2D eigenvalue weighted by Crippen LogP contribution is 2.23. The molecule has 19 heavy (non-hydrogen) atoms. The molecule has 0 bridgehead atoms. The molecule has 0 aliphatic carbocycles. The number of hydrogen-bond acceptors (Lipinski definition) is 6. The Bertz CT molecular complexity index is 692. The predicted octanol–water partition coefficient (Wildman–Crippen LogP) is 1.72. The minimum Gasteiger partial charge on any atom is -0.479 e. The summed E-state index contributed by atoms with van der Waals surface area (Å²) in [6, 6.07) is 2.11. The first-order valence-electron chi connectivity index (χ1n) is 5.81. The molecule has 0 unspecified atom stereocenters. The normalized spacial score (nSPS) is 11.0. The molecule has 0 saturated carbocycles. The van der Waals surface area contributed by atoms with Crippen LogP contribution in [0.5, 0.6) is 5.88 Å². The van der Waals surface area contributed by atoms with Crippen LogP contribution in [-0.4, -0.2) is 26.6 Å². The summed E-state index contributed by atoms with van der Waals surface area (Å²) in [5.74, 6) is 0.884. The van der Waals surface area contributed by atoms with E-state index in [0.717, 1.165) is 13.0 Å². The Labute approximate surface area is 113 Å². The predicted molar refractivity (Wildman–Crippen MR) is 74.3 cm³/mol. The van der Waals surface area contributed by atoms with E-state index < -0.39 is 0 Å². The molecule has 0 aliphatic heterocycles. The molecule has 6 nitrogen and oxygen atoms in total. The van der Waals surface area contributed by atoms with Gasteiger partial charge in [-0.05, 0) is 28.8 Å². The third-order valence-corrected chi connectivity index (χ3v) is 3.66. The van der Waals surface area contributed by atoms with Gasteiger partial charge in [0.1, 0.15) is 6.33 Å². The number of nitrogens with two attached hydrogens (primary N) is 1. The van der Waals surface area contributed by atoms with Crippen LogP contribution < -0.4 is 10.5 Å². The Morgan fingerprint density at radius 2 is 2.32 bits per heavy atom. The summed E-state index contributed by atoms with van der Waals surface area (Å²) in [6.45, 7) is 0.735. The van der Waals surface area contributed by atoms with Gasteiger partial charge in [0.25, 0.3) is 0 Å². The molecule has 3 heterocycles. The maximum atomic E-state index is 5.95. The van der Waals surface area contributed by atoms with Crippen molar-refractivity contribution in [1.82, 2.24) is 19.5 Å². The second-order valence-electron chi connectivity index (χ2n) is 4.06. The average molecular weight is 275 g/mol. The maximum Gasteiger partial charge on any atom is 0.245 e. The van der Waals surface area contributed by atoms with Crippen molar-refractivity contribution in [2.75, 3.05) is 12.8 Å². The topological polar surface area (TPSA) is 78.8 Å². The van der Waals surface area contributed by atoms with E-state index in [1.807, 2.05) is 4.57 Å². The maximum absolute atomic E-state index is 5.95. The SMILES string of the molecule is COc1ncnc2c1nc(N)n2CCc1ccsc1. The van der Waals surface area contributed by atoms with Gasteiger partial charge in [0.15, 0.2) is 11.2 Å². The number of methoxy groups -OCH3 is 1. The van der Waals surface area contributed by atoms with Crippen LogP contribution in [0, 0.1) is 0 Å². The van der Waals surface area contributed by atoms with Crippen molar-refractivity contribution in [3.05, 3.63) is 28.7 Å². The summed E-state index contributed by atoms with van der Waals surface area (Å²) in [7, 11) is 1.56. The van der Waals surface area contributed by atoms with E-state index >= 15 is 0 Å². The standard InChI is InChI=1S/C12H13N5OS/c1-18-11-9-10(14-7-15-11)17(12(13)16-9)4-2-8-3-5-19-6-8/h3,5-7H,2,4H2,1H3,(H2,13,16). The van der Waals surface area contributed by atoms with Gasteiger partial charge in [-0.15, -0.1) is 0 Å². The molecule has 0 amide bonds. The second kappa shape index (κ2) is 4.85. The molecular weight excluding hydrogens is 262 g/mol. The lowest BCUT2D eigenvalue weighted by molar-refractivity contribution is 0.401. The Kier molecular flexibility index (Phi) is 3.04. The van der Waals surface area contributed by atoms with E-state index in [1.165, 1.54) is 11.9 Å². The summed E-state index contributed by atoms with van der Waals surface area (Å²) in [5, 5.41) is 4.20. The lowest BCUT2D eigenvalue weighted by Crippen LogP contribution is -2.06. The molecule has 0 saturated heterocycles. The monoisotopic (exact) mass is 275 g/mol. The molecule has 0 fully saturated rings. The fourth-order valence-corrected chi connectivity index (χ4v) is 2.68. The van der Waals surface area contributed by atoms with Crippen LogP contribution in [-0.2, 0) is 13.0 Å². The first kappa shape index (κ1) is 11.9. The molecule has 3 aromatic heterocycles. The Hall–Kier alpha value is -2.15. The van der Waals surface area contributed by atoms with Crippen LogP contribution in [0.15, 0.2) is 23.2 Å². The van der Waals surface area contributed by atoms with E-state index in [-0.39, 0.29) is 0 Å². The van der Waals surface area contributed by atoms with Crippen molar-refractivity contribution >= 4 is 28.4 Å². The number of ether oxygens (including phenoxy) is 1. The molecular formula is C12H13N5OS. The number of nitrogen functional groups attached to an aromatic ring is 1. The lowest BCUT2D eigenvalue weighted by atomic mass is 10.2. The van der Waals surface area contributed by atoms with E-state index in [4.69, 9.17) is 10.5 Å². The summed E-state index contributed by atoms with van der Waals surface area (Å²) >= 11 is 1.69. The largest absolute Gasteiger partial charge is 0.479 e. The zero-order valence-electron chi connectivity index (χ0n) is 10.4. The molecule has 3 rings (SSSR count). The van der Waals surface area contributed by atoms with Crippen LogP contribution in [0.1, 0.15) is 5.56 Å².